The molecule has 1 aliphatic heterocycles. The molecular weight excluding hydrogens is 454 g/mol. The summed E-state index contributed by atoms with van der Waals surface area (Å²) in [6.07, 6.45) is 1.51. The van der Waals surface area contributed by atoms with Gasteiger partial charge >= 0.3 is 0 Å². The molecule has 10 heteroatoms. The van der Waals surface area contributed by atoms with Gasteiger partial charge in [0.2, 0.25) is 15.9 Å². The van der Waals surface area contributed by atoms with Gasteiger partial charge in [-0.05, 0) is 45.0 Å². The quantitative estimate of drug-likeness (QED) is 0.511. The van der Waals surface area contributed by atoms with Crippen molar-refractivity contribution in [1.82, 2.24) is 19.0 Å². The maximum atomic E-state index is 13.3. The molecule has 1 unspecified atom stereocenters. The number of anilines is 1. The van der Waals surface area contributed by atoms with E-state index in [9.17, 15) is 13.2 Å². The molecule has 0 N–H and O–H groups in total. The predicted octanol–water partition coefficient (Wildman–Crippen LogP) is 2.82. The lowest BCUT2D eigenvalue weighted by atomic mass is 10.2. The maximum absolute atomic E-state index is 13.3. The lowest BCUT2D eigenvalue weighted by molar-refractivity contribution is -0.134. The van der Waals surface area contributed by atoms with Gasteiger partial charge in [-0.2, -0.15) is 9.40 Å². The standard InChI is InChI=1S/C24H31N5O4S/c1-18-23(34(31,32)26(4)17-22-11-8-16-33-22)19(2)29(25-18)20(3)24(30)28-14-12-27(13-15-28)21-9-6-5-7-10-21/h5-11,16,20H,12-15,17H2,1-4H3. The van der Waals surface area contributed by atoms with Crippen molar-refractivity contribution >= 4 is 21.6 Å². The number of amides is 1. The van der Waals surface area contributed by atoms with Crippen molar-refractivity contribution in [2.75, 3.05) is 38.1 Å². The van der Waals surface area contributed by atoms with Crippen molar-refractivity contribution in [3.8, 4) is 0 Å². The van der Waals surface area contributed by atoms with Gasteiger partial charge in [-0.3, -0.25) is 9.48 Å². The molecule has 34 heavy (non-hydrogen) atoms. The van der Waals surface area contributed by atoms with Gasteiger partial charge in [-0.15, -0.1) is 0 Å². The number of aromatic nitrogens is 2. The number of sulfonamides is 1. The highest BCUT2D eigenvalue weighted by molar-refractivity contribution is 7.89. The second kappa shape index (κ2) is 9.63. The molecule has 2 aromatic heterocycles. The number of nitrogens with zero attached hydrogens (tertiary/aromatic N) is 5. The highest BCUT2D eigenvalue weighted by Crippen LogP contribution is 2.27. The van der Waals surface area contributed by atoms with Crippen LogP contribution in [-0.2, 0) is 21.4 Å². The second-order valence-corrected chi connectivity index (χ2v) is 10.6. The fourth-order valence-corrected chi connectivity index (χ4v) is 5.94. The van der Waals surface area contributed by atoms with Crippen LogP contribution in [0.4, 0.5) is 5.69 Å². The summed E-state index contributed by atoms with van der Waals surface area (Å²) in [5.41, 5.74) is 1.97. The minimum absolute atomic E-state index is 0.0637. The van der Waals surface area contributed by atoms with Crippen LogP contribution in [0, 0.1) is 13.8 Å². The molecule has 3 aromatic rings. The van der Waals surface area contributed by atoms with Crippen LogP contribution in [0.3, 0.4) is 0 Å². The molecule has 0 aliphatic carbocycles. The molecule has 0 bridgehead atoms. The minimum atomic E-state index is -3.82. The van der Waals surface area contributed by atoms with E-state index in [1.54, 1.807) is 32.9 Å². The first-order valence-electron chi connectivity index (χ1n) is 11.3. The van der Waals surface area contributed by atoms with Gasteiger partial charge in [0.15, 0.2) is 0 Å². The number of hydrogen-bond acceptors (Lipinski definition) is 6. The minimum Gasteiger partial charge on any atom is -0.468 e. The van der Waals surface area contributed by atoms with Gasteiger partial charge in [0.05, 0.1) is 24.2 Å². The van der Waals surface area contributed by atoms with Gasteiger partial charge < -0.3 is 14.2 Å². The average molecular weight is 486 g/mol. The zero-order chi connectivity index (χ0) is 24.5. The Bertz CT molecular complexity index is 1230. The molecule has 1 aliphatic rings. The average Bonchev–Trinajstić information content (AvgIpc) is 3.46. The summed E-state index contributed by atoms with van der Waals surface area (Å²) in [6, 6.07) is 13.0. The van der Waals surface area contributed by atoms with E-state index in [1.165, 1.54) is 22.3 Å². The van der Waals surface area contributed by atoms with E-state index >= 15 is 0 Å². The van der Waals surface area contributed by atoms with Crippen molar-refractivity contribution in [2.45, 2.75) is 38.3 Å². The van der Waals surface area contributed by atoms with E-state index in [4.69, 9.17) is 4.42 Å². The van der Waals surface area contributed by atoms with E-state index in [-0.39, 0.29) is 17.3 Å². The smallest absolute Gasteiger partial charge is 0.247 e. The lowest BCUT2D eigenvalue weighted by Gasteiger charge is -2.37. The summed E-state index contributed by atoms with van der Waals surface area (Å²) >= 11 is 0. The molecule has 1 saturated heterocycles. The number of hydrogen-bond donors (Lipinski definition) is 0. The van der Waals surface area contributed by atoms with Crippen molar-refractivity contribution in [2.24, 2.45) is 0 Å². The fraction of sp³-hybridized carbons (Fsp3) is 0.417. The Morgan fingerprint density at radius 2 is 1.76 bits per heavy atom. The van der Waals surface area contributed by atoms with Crippen LogP contribution in [0.5, 0.6) is 0 Å². The number of piperazine rings is 1. The largest absolute Gasteiger partial charge is 0.468 e. The normalized spacial score (nSPS) is 15.7. The maximum Gasteiger partial charge on any atom is 0.247 e. The number of rotatable bonds is 7. The molecule has 4 rings (SSSR count). The molecule has 1 fully saturated rings. The zero-order valence-electron chi connectivity index (χ0n) is 20.0. The number of furan rings is 1. The molecule has 0 radical (unpaired) electrons. The monoisotopic (exact) mass is 485 g/mol. The van der Waals surface area contributed by atoms with E-state index in [2.05, 4.69) is 22.1 Å². The molecular formula is C24H31N5O4S. The highest BCUT2D eigenvalue weighted by Gasteiger charge is 2.33. The number of aryl methyl sites for hydroxylation is 1. The van der Waals surface area contributed by atoms with Crippen LogP contribution < -0.4 is 4.90 Å². The number of benzene rings is 1. The third-order valence-electron chi connectivity index (χ3n) is 6.32. The van der Waals surface area contributed by atoms with Gasteiger partial charge in [0.25, 0.3) is 0 Å². The van der Waals surface area contributed by atoms with E-state index < -0.39 is 16.1 Å². The Morgan fingerprint density at radius 1 is 1.09 bits per heavy atom. The van der Waals surface area contributed by atoms with E-state index in [1.807, 2.05) is 23.1 Å². The SMILES string of the molecule is Cc1nn(C(C)C(=O)N2CCN(c3ccccc3)CC2)c(C)c1S(=O)(=O)N(C)Cc1ccco1. The van der Waals surface area contributed by atoms with Gasteiger partial charge in [-0.25, -0.2) is 8.42 Å². The Labute approximate surface area is 200 Å². The van der Waals surface area contributed by atoms with Crippen LogP contribution in [0.15, 0.2) is 58.0 Å². The van der Waals surface area contributed by atoms with Gasteiger partial charge in [-0.1, -0.05) is 18.2 Å². The lowest BCUT2D eigenvalue weighted by Crippen LogP contribution is -2.50. The van der Waals surface area contributed by atoms with E-state index in [0.717, 1.165) is 18.8 Å². The van der Waals surface area contributed by atoms with Crippen LogP contribution in [0.2, 0.25) is 0 Å². The third-order valence-corrected chi connectivity index (χ3v) is 8.38. The predicted molar refractivity (Wildman–Crippen MR) is 129 cm³/mol. The summed E-state index contributed by atoms with van der Waals surface area (Å²) in [4.78, 5) is 17.5. The molecule has 0 saturated carbocycles. The zero-order valence-corrected chi connectivity index (χ0v) is 20.8. The fourth-order valence-electron chi connectivity index (χ4n) is 4.45. The number of para-hydroxylation sites is 1. The summed E-state index contributed by atoms with van der Waals surface area (Å²) in [5, 5.41) is 4.46. The topological polar surface area (TPSA) is 91.9 Å². The van der Waals surface area contributed by atoms with Gasteiger partial charge in [0, 0.05) is 38.9 Å². The van der Waals surface area contributed by atoms with Crippen molar-refractivity contribution in [3.63, 3.8) is 0 Å². The van der Waals surface area contributed by atoms with Crippen LogP contribution >= 0.6 is 0 Å². The summed E-state index contributed by atoms with van der Waals surface area (Å²) in [6.45, 7) is 7.95. The van der Waals surface area contributed by atoms with Gasteiger partial charge in [0.1, 0.15) is 16.7 Å². The first kappa shape index (κ1) is 24.0. The van der Waals surface area contributed by atoms with Crippen molar-refractivity contribution in [1.29, 1.82) is 0 Å². The first-order chi connectivity index (χ1) is 16.2. The van der Waals surface area contributed by atoms with Crippen LogP contribution in [-0.4, -0.2) is 66.5 Å². The van der Waals surface area contributed by atoms with Crippen molar-refractivity contribution < 1.29 is 17.6 Å². The molecule has 9 nitrogen and oxygen atoms in total. The van der Waals surface area contributed by atoms with Crippen molar-refractivity contribution in [3.05, 3.63) is 65.9 Å². The summed E-state index contributed by atoms with van der Waals surface area (Å²) in [7, 11) is -2.31. The van der Waals surface area contributed by atoms with E-state index in [0.29, 0.717) is 30.2 Å². The Kier molecular flexibility index (Phi) is 6.81. The highest BCUT2D eigenvalue weighted by atomic mass is 32.2. The Morgan fingerprint density at radius 3 is 2.38 bits per heavy atom. The van der Waals surface area contributed by atoms with Crippen LogP contribution in [0.1, 0.15) is 30.1 Å². The summed E-state index contributed by atoms with van der Waals surface area (Å²) in [5.74, 6) is 0.484. The third kappa shape index (κ3) is 4.60. The second-order valence-electron chi connectivity index (χ2n) is 8.61. The molecule has 0 spiro atoms. The molecule has 3 heterocycles. The molecule has 1 atom stereocenters. The summed E-state index contributed by atoms with van der Waals surface area (Å²) < 4.78 is 34.7. The molecule has 182 valence electrons. The number of carbonyl (C=O) groups excluding carboxylic acids is 1. The Hall–Kier alpha value is -3.11. The number of carbonyl (C=O) groups is 1. The Balaban J connectivity index is 1.48. The molecule has 1 aromatic carbocycles. The first-order valence-corrected chi connectivity index (χ1v) is 12.8. The van der Waals surface area contributed by atoms with Crippen LogP contribution in [0.25, 0.3) is 0 Å². The molecule has 1 amide bonds.